The average molecular weight is 255 g/mol. The molecule has 0 aromatic carbocycles. The fourth-order valence-electron chi connectivity index (χ4n) is 3.36. The molecule has 19 heavy (non-hydrogen) atoms. The predicted molar refractivity (Wildman–Crippen MR) is 70.6 cm³/mol. The Kier molecular flexibility index (Phi) is 3.31. The first-order valence-corrected chi connectivity index (χ1v) is 6.93. The number of ketones is 1. The zero-order valence-electron chi connectivity index (χ0n) is 10.8. The van der Waals surface area contributed by atoms with Crippen molar-refractivity contribution in [2.75, 3.05) is 0 Å². The lowest BCUT2D eigenvalue weighted by Gasteiger charge is -2.39. The van der Waals surface area contributed by atoms with Gasteiger partial charge in [-0.2, -0.15) is 5.26 Å². The minimum Gasteiger partial charge on any atom is -0.311 e. The lowest BCUT2D eigenvalue weighted by molar-refractivity contribution is 0.0819. The summed E-state index contributed by atoms with van der Waals surface area (Å²) in [5.41, 5.74) is 0.756. The topological polar surface area (TPSA) is 65.8 Å². The van der Waals surface area contributed by atoms with E-state index in [2.05, 4.69) is 16.4 Å². The summed E-state index contributed by atoms with van der Waals surface area (Å²) in [5, 5.41) is 12.7. The third-order valence-corrected chi connectivity index (χ3v) is 4.25. The maximum atomic E-state index is 12.6. The van der Waals surface area contributed by atoms with E-state index in [0.717, 1.165) is 25.7 Å². The van der Waals surface area contributed by atoms with Gasteiger partial charge < -0.3 is 5.32 Å². The zero-order chi connectivity index (χ0) is 13.2. The van der Waals surface area contributed by atoms with Gasteiger partial charge in [-0.1, -0.05) is 6.42 Å². The summed E-state index contributed by atoms with van der Waals surface area (Å²) in [4.78, 5) is 16.7. The van der Waals surface area contributed by atoms with Crippen LogP contribution in [0.15, 0.2) is 18.3 Å². The molecular weight excluding hydrogens is 238 g/mol. The second kappa shape index (κ2) is 5.10. The monoisotopic (exact) mass is 255 g/mol. The largest absolute Gasteiger partial charge is 0.311 e. The highest BCUT2D eigenvalue weighted by atomic mass is 16.1. The van der Waals surface area contributed by atoms with Crippen molar-refractivity contribution < 1.29 is 4.79 Å². The first-order valence-electron chi connectivity index (χ1n) is 6.93. The molecule has 1 aromatic rings. The fourth-order valence-corrected chi connectivity index (χ4v) is 3.36. The molecule has 4 nitrogen and oxygen atoms in total. The van der Waals surface area contributed by atoms with Gasteiger partial charge in [0, 0.05) is 24.2 Å². The van der Waals surface area contributed by atoms with Gasteiger partial charge in [0.25, 0.3) is 0 Å². The molecule has 0 aliphatic carbocycles. The first-order chi connectivity index (χ1) is 9.28. The molecule has 0 amide bonds. The minimum absolute atomic E-state index is 0.0264. The molecule has 98 valence electrons. The Bertz CT molecular complexity index is 522. The number of nitrogens with zero attached hydrogens (tertiary/aromatic N) is 2. The van der Waals surface area contributed by atoms with Crippen molar-refractivity contribution in [2.24, 2.45) is 5.92 Å². The van der Waals surface area contributed by atoms with Crippen molar-refractivity contribution in [3.8, 4) is 6.07 Å². The van der Waals surface area contributed by atoms with Gasteiger partial charge in [-0.3, -0.25) is 9.78 Å². The van der Waals surface area contributed by atoms with Crippen molar-refractivity contribution in [1.29, 1.82) is 5.26 Å². The number of Topliss-reactive ketones (excluding diaryl/α,β-unsaturated/α-hetero) is 1. The zero-order valence-corrected chi connectivity index (χ0v) is 10.8. The van der Waals surface area contributed by atoms with Crippen molar-refractivity contribution in [2.45, 2.75) is 44.2 Å². The van der Waals surface area contributed by atoms with Crippen LogP contribution in [0.25, 0.3) is 0 Å². The Morgan fingerprint density at radius 2 is 2.11 bits per heavy atom. The lowest BCUT2D eigenvalue weighted by atomic mass is 9.77. The van der Waals surface area contributed by atoms with Crippen molar-refractivity contribution >= 4 is 5.78 Å². The van der Waals surface area contributed by atoms with Gasteiger partial charge in [0.1, 0.15) is 11.8 Å². The number of nitrogens with one attached hydrogen (secondary N) is 1. The van der Waals surface area contributed by atoms with Crippen LogP contribution >= 0.6 is 0 Å². The van der Waals surface area contributed by atoms with Crippen LogP contribution in [-0.4, -0.2) is 22.9 Å². The third kappa shape index (κ3) is 2.39. The molecule has 2 saturated heterocycles. The van der Waals surface area contributed by atoms with Gasteiger partial charge in [-0.25, -0.2) is 0 Å². The van der Waals surface area contributed by atoms with Gasteiger partial charge in [0.15, 0.2) is 5.78 Å². The number of hydrogen-bond donors (Lipinski definition) is 1. The van der Waals surface area contributed by atoms with E-state index in [1.807, 2.05) is 0 Å². The Balaban J connectivity index is 1.82. The molecule has 1 aromatic heterocycles. The van der Waals surface area contributed by atoms with E-state index in [1.54, 1.807) is 18.3 Å². The highest BCUT2D eigenvalue weighted by Crippen LogP contribution is 2.31. The Hall–Kier alpha value is -1.73. The highest BCUT2D eigenvalue weighted by Gasteiger charge is 2.35. The molecule has 3 heterocycles. The molecule has 0 saturated carbocycles. The van der Waals surface area contributed by atoms with Crippen LogP contribution in [0.4, 0.5) is 0 Å². The standard InChI is InChI=1S/C15H17N3O/c16-9-10-3-2-6-17-14(10)15(19)11-7-12-4-1-5-13(8-11)18-12/h2-3,6,11-13,18H,1,4-5,7-8H2. The Morgan fingerprint density at radius 3 is 2.79 bits per heavy atom. The molecule has 2 unspecified atom stereocenters. The number of nitriles is 1. The molecule has 2 fully saturated rings. The van der Waals surface area contributed by atoms with Crippen LogP contribution < -0.4 is 5.32 Å². The van der Waals surface area contributed by atoms with Crippen LogP contribution in [0.3, 0.4) is 0 Å². The maximum absolute atomic E-state index is 12.6. The van der Waals surface area contributed by atoms with Crippen LogP contribution in [0.5, 0.6) is 0 Å². The fraction of sp³-hybridized carbons (Fsp3) is 0.533. The van der Waals surface area contributed by atoms with Gasteiger partial charge in [-0.15, -0.1) is 0 Å². The lowest BCUT2D eigenvalue weighted by Crippen LogP contribution is -2.50. The number of hydrogen-bond acceptors (Lipinski definition) is 4. The van der Waals surface area contributed by atoms with Crippen LogP contribution in [-0.2, 0) is 0 Å². The van der Waals surface area contributed by atoms with Gasteiger partial charge >= 0.3 is 0 Å². The van der Waals surface area contributed by atoms with Gasteiger partial charge in [0.05, 0.1) is 5.56 Å². The van der Waals surface area contributed by atoms with Crippen molar-refractivity contribution in [3.63, 3.8) is 0 Å². The van der Waals surface area contributed by atoms with E-state index in [4.69, 9.17) is 5.26 Å². The summed E-state index contributed by atoms with van der Waals surface area (Å²) in [6.45, 7) is 0. The third-order valence-electron chi connectivity index (χ3n) is 4.25. The normalized spacial score (nSPS) is 29.5. The second-order valence-corrected chi connectivity index (χ2v) is 5.54. The second-order valence-electron chi connectivity index (χ2n) is 5.54. The smallest absolute Gasteiger partial charge is 0.185 e. The molecule has 2 bridgehead atoms. The summed E-state index contributed by atoms with van der Waals surface area (Å²) >= 11 is 0. The predicted octanol–water partition coefficient (Wildman–Crippen LogP) is 2.06. The summed E-state index contributed by atoms with van der Waals surface area (Å²) < 4.78 is 0. The molecule has 2 aliphatic heterocycles. The average Bonchev–Trinajstić information content (AvgIpc) is 2.46. The summed E-state index contributed by atoms with van der Waals surface area (Å²) in [6, 6.07) is 6.37. The number of carbonyl (C=O) groups excluding carboxylic acids is 1. The van der Waals surface area contributed by atoms with E-state index in [9.17, 15) is 4.79 Å². The van der Waals surface area contributed by atoms with Crippen LogP contribution in [0.2, 0.25) is 0 Å². The number of pyridine rings is 1. The number of carbonyl (C=O) groups is 1. The van der Waals surface area contributed by atoms with Crippen molar-refractivity contribution in [1.82, 2.24) is 10.3 Å². The van der Waals surface area contributed by atoms with E-state index in [1.165, 1.54) is 6.42 Å². The molecular formula is C15H17N3O. The molecule has 2 atom stereocenters. The van der Waals surface area contributed by atoms with Gasteiger partial charge in [0.2, 0.25) is 0 Å². The molecule has 0 radical (unpaired) electrons. The SMILES string of the molecule is N#Cc1cccnc1C(=O)C1CC2CCCC(C1)N2. The van der Waals surface area contributed by atoms with Crippen LogP contribution in [0, 0.1) is 17.2 Å². The van der Waals surface area contributed by atoms with E-state index in [0.29, 0.717) is 23.3 Å². The van der Waals surface area contributed by atoms with E-state index < -0.39 is 0 Å². The van der Waals surface area contributed by atoms with Gasteiger partial charge in [-0.05, 0) is 37.8 Å². The number of rotatable bonds is 2. The number of piperidine rings is 2. The highest BCUT2D eigenvalue weighted by molar-refractivity contribution is 5.98. The molecule has 3 rings (SSSR count). The summed E-state index contributed by atoms with van der Waals surface area (Å²) in [5.74, 6) is 0.0779. The number of fused-ring (bicyclic) bond motifs is 2. The summed E-state index contributed by atoms with van der Waals surface area (Å²) in [6.07, 6.45) is 6.95. The molecule has 1 N–H and O–H groups in total. The van der Waals surface area contributed by atoms with E-state index >= 15 is 0 Å². The maximum Gasteiger partial charge on any atom is 0.185 e. The summed E-state index contributed by atoms with van der Waals surface area (Å²) in [7, 11) is 0. The molecule has 2 aliphatic rings. The minimum atomic E-state index is 0.0264. The van der Waals surface area contributed by atoms with E-state index in [-0.39, 0.29) is 11.7 Å². The van der Waals surface area contributed by atoms with Crippen LogP contribution in [0.1, 0.15) is 48.2 Å². The number of aromatic nitrogens is 1. The first kappa shape index (κ1) is 12.3. The van der Waals surface area contributed by atoms with Crippen molar-refractivity contribution in [3.05, 3.63) is 29.6 Å². The quantitative estimate of drug-likeness (QED) is 0.821. The Morgan fingerprint density at radius 1 is 1.37 bits per heavy atom. The molecule has 0 spiro atoms. The Labute approximate surface area is 112 Å². The molecule has 4 heteroatoms.